The van der Waals surface area contributed by atoms with E-state index in [0.717, 1.165) is 25.7 Å². The fourth-order valence-corrected chi connectivity index (χ4v) is 2.82. The minimum Gasteiger partial charge on any atom is -0.350 e. The Labute approximate surface area is 133 Å². The van der Waals surface area contributed by atoms with Gasteiger partial charge in [-0.05, 0) is 31.0 Å². The summed E-state index contributed by atoms with van der Waals surface area (Å²) in [5.74, 6) is -0.926. The molecule has 1 aromatic rings. The number of rotatable bonds is 3. The second-order valence-corrected chi connectivity index (χ2v) is 6.15. The van der Waals surface area contributed by atoms with Crippen LogP contribution in [-0.2, 0) is 0 Å². The van der Waals surface area contributed by atoms with E-state index in [1.54, 1.807) is 6.07 Å². The van der Waals surface area contributed by atoms with Crippen LogP contribution in [0.15, 0.2) is 22.7 Å². The molecule has 20 heavy (non-hydrogen) atoms. The number of carbonyl (C=O) groups excluding carboxylic acids is 1. The monoisotopic (exact) mass is 364 g/mol. The van der Waals surface area contributed by atoms with Crippen molar-refractivity contribution in [3.8, 4) is 0 Å². The Hall–Kier alpha value is -0.650. The van der Waals surface area contributed by atoms with E-state index >= 15 is 0 Å². The topological polar surface area (TPSA) is 55.1 Å². The van der Waals surface area contributed by atoms with Crippen LogP contribution >= 0.6 is 28.3 Å². The highest BCUT2D eigenvalue weighted by atomic mass is 79.9. The van der Waals surface area contributed by atoms with Crippen molar-refractivity contribution in [2.75, 3.05) is 6.54 Å². The van der Waals surface area contributed by atoms with Gasteiger partial charge in [0.1, 0.15) is 5.82 Å². The number of carbonyl (C=O) groups is 1. The van der Waals surface area contributed by atoms with Crippen molar-refractivity contribution in [1.82, 2.24) is 5.32 Å². The molecule has 0 saturated heterocycles. The molecule has 1 amide bonds. The summed E-state index contributed by atoms with van der Waals surface area (Å²) in [6, 6.07) is 4.32. The van der Waals surface area contributed by atoms with Crippen molar-refractivity contribution in [2.45, 2.75) is 37.6 Å². The molecule has 1 saturated carbocycles. The smallest absolute Gasteiger partial charge is 0.254 e. The van der Waals surface area contributed by atoms with Gasteiger partial charge < -0.3 is 11.1 Å². The Morgan fingerprint density at radius 2 is 2.00 bits per heavy atom. The zero-order valence-corrected chi connectivity index (χ0v) is 13.5. The predicted octanol–water partition coefficient (Wildman–Crippen LogP) is 3.40. The third-order valence-corrected chi connectivity index (χ3v) is 4.12. The van der Waals surface area contributed by atoms with E-state index in [4.69, 9.17) is 5.73 Å². The fraction of sp³-hybridized carbons (Fsp3) is 0.500. The van der Waals surface area contributed by atoms with Crippen molar-refractivity contribution in [3.63, 3.8) is 0 Å². The van der Waals surface area contributed by atoms with Gasteiger partial charge in [0.15, 0.2) is 0 Å². The molecule has 0 bridgehead atoms. The number of hydrogen-bond donors (Lipinski definition) is 2. The Morgan fingerprint density at radius 3 is 2.65 bits per heavy atom. The van der Waals surface area contributed by atoms with Gasteiger partial charge in [0.25, 0.3) is 5.91 Å². The molecule has 1 aliphatic carbocycles. The molecule has 1 aliphatic rings. The van der Waals surface area contributed by atoms with E-state index in [9.17, 15) is 9.18 Å². The first kappa shape index (κ1) is 17.4. The van der Waals surface area contributed by atoms with E-state index in [1.807, 2.05) is 0 Å². The van der Waals surface area contributed by atoms with E-state index < -0.39 is 11.7 Å². The molecule has 0 aromatic heterocycles. The Bertz CT molecular complexity index is 478. The summed E-state index contributed by atoms with van der Waals surface area (Å²) >= 11 is 3.23. The van der Waals surface area contributed by atoms with Crippen LogP contribution in [0.2, 0.25) is 0 Å². The maximum atomic E-state index is 13.6. The maximum absolute atomic E-state index is 13.6. The van der Waals surface area contributed by atoms with Gasteiger partial charge in [0, 0.05) is 16.6 Å². The molecule has 0 unspecified atom stereocenters. The summed E-state index contributed by atoms with van der Waals surface area (Å²) in [6.45, 7) is 0.401. The van der Waals surface area contributed by atoms with E-state index in [0.29, 0.717) is 11.0 Å². The summed E-state index contributed by atoms with van der Waals surface area (Å²) in [4.78, 5) is 12.0. The Balaban J connectivity index is 0.00000200. The lowest BCUT2D eigenvalue weighted by Gasteiger charge is -2.33. The summed E-state index contributed by atoms with van der Waals surface area (Å²) < 4.78 is 14.2. The van der Waals surface area contributed by atoms with Gasteiger partial charge in [-0.15, -0.1) is 12.4 Å². The molecule has 3 nitrogen and oxygen atoms in total. The second kappa shape index (κ2) is 7.38. The highest BCUT2D eigenvalue weighted by Crippen LogP contribution is 2.25. The average molecular weight is 366 g/mol. The third-order valence-electron chi connectivity index (χ3n) is 3.62. The SMILES string of the molecule is Cl.NC1(CNC(=O)c2cc(Br)ccc2F)CCCCC1. The third kappa shape index (κ3) is 4.43. The zero-order valence-electron chi connectivity index (χ0n) is 11.1. The number of benzene rings is 1. The number of amides is 1. The van der Waals surface area contributed by atoms with E-state index in [1.165, 1.54) is 18.6 Å². The van der Waals surface area contributed by atoms with Gasteiger partial charge >= 0.3 is 0 Å². The Kier molecular flexibility index (Phi) is 6.43. The standard InChI is InChI=1S/C14H18BrFN2O.ClH/c15-10-4-5-12(16)11(8-10)13(19)18-9-14(17)6-2-1-3-7-14;/h4-5,8H,1-3,6-7,9,17H2,(H,18,19);1H. The quantitative estimate of drug-likeness (QED) is 0.862. The lowest BCUT2D eigenvalue weighted by Crippen LogP contribution is -2.51. The van der Waals surface area contributed by atoms with Crippen molar-refractivity contribution in [1.29, 1.82) is 0 Å². The predicted molar refractivity (Wildman–Crippen MR) is 83.7 cm³/mol. The molecule has 6 heteroatoms. The summed E-state index contributed by atoms with van der Waals surface area (Å²) in [5.41, 5.74) is 5.95. The molecule has 0 aliphatic heterocycles. The average Bonchev–Trinajstić information content (AvgIpc) is 2.40. The van der Waals surface area contributed by atoms with Crippen molar-refractivity contribution < 1.29 is 9.18 Å². The zero-order chi connectivity index (χ0) is 13.9. The van der Waals surface area contributed by atoms with Crippen LogP contribution in [0.3, 0.4) is 0 Å². The molecule has 2 rings (SSSR count). The van der Waals surface area contributed by atoms with Gasteiger partial charge in [0.2, 0.25) is 0 Å². The van der Waals surface area contributed by atoms with Crippen molar-refractivity contribution in [2.24, 2.45) is 5.73 Å². The maximum Gasteiger partial charge on any atom is 0.254 e. The van der Waals surface area contributed by atoms with Crippen LogP contribution in [0.4, 0.5) is 4.39 Å². The van der Waals surface area contributed by atoms with Crippen LogP contribution in [0, 0.1) is 5.82 Å². The first-order chi connectivity index (χ1) is 9.00. The van der Waals surface area contributed by atoms with E-state index in [2.05, 4.69) is 21.2 Å². The lowest BCUT2D eigenvalue weighted by atomic mass is 9.82. The normalized spacial score (nSPS) is 17.1. The molecule has 1 aromatic carbocycles. The minimum absolute atomic E-state index is 0. The van der Waals surface area contributed by atoms with Crippen molar-refractivity contribution in [3.05, 3.63) is 34.1 Å². The van der Waals surface area contributed by atoms with Gasteiger partial charge in [0.05, 0.1) is 5.56 Å². The fourth-order valence-electron chi connectivity index (χ4n) is 2.46. The number of hydrogen-bond acceptors (Lipinski definition) is 2. The van der Waals surface area contributed by atoms with Crippen LogP contribution in [0.25, 0.3) is 0 Å². The lowest BCUT2D eigenvalue weighted by molar-refractivity contribution is 0.0933. The molecule has 0 radical (unpaired) electrons. The number of nitrogens with one attached hydrogen (secondary N) is 1. The first-order valence-corrected chi connectivity index (χ1v) is 7.32. The largest absolute Gasteiger partial charge is 0.350 e. The van der Waals surface area contributed by atoms with Gasteiger partial charge in [-0.3, -0.25) is 4.79 Å². The van der Waals surface area contributed by atoms with Crippen LogP contribution < -0.4 is 11.1 Å². The highest BCUT2D eigenvalue weighted by Gasteiger charge is 2.28. The van der Waals surface area contributed by atoms with Crippen molar-refractivity contribution >= 4 is 34.2 Å². The Morgan fingerprint density at radius 1 is 1.35 bits per heavy atom. The van der Waals surface area contributed by atoms with Gasteiger partial charge in [-0.1, -0.05) is 35.2 Å². The molecule has 3 N–H and O–H groups in total. The second-order valence-electron chi connectivity index (χ2n) is 5.23. The van der Waals surface area contributed by atoms with Crippen LogP contribution in [0.5, 0.6) is 0 Å². The molecule has 112 valence electrons. The highest BCUT2D eigenvalue weighted by molar-refractivity contribution is 9.10. The molecular formula is C14H19BrClFN2O. The summed E-state index contributed by atoms with van der Waals surface area (Å²) in [6.07, 6.45) is 5.21. The van der Waals surface area contributed by atoms with Crippen LogP contribution in [-0.4, -0.2) is 18.0 Å². The number of nitrogens with two attached hydrogens (primary N) is 1. The molecule has 0 atom stereocenters. The summed E-state index contributed by atoms with van der Waals surface area (Å²) in [5, 5.41) is 2.75. The van der Waals surface area contributed by atoms with Gasteiger partial charge in [-0.25, -0.2) is 4.39 Å². The minimum atomic E-state index is -0.518. The van der Waals surface area contributed by atoms with Crippen LogP contribution in [0.1, 0.15) is 42.5 Å². The summed E-state index contributed by atoms with van der Waals surface area (Å²) in [7, 11) is 0. The molecule has 0 spiro atoms. The first-order valence-electron chi connectivity index (χ1n) is 6.52. The number of halogens is 3. The molecule has 0 heterocycles. The molecular weight excluding hydrogens is 347 g/mol. The van der Waals surface area contributed by atoms with E-state index in [-0.39, 0.29) is 23.5 Å². The molecule has 1 fully saturated rings. The van der Waals surface area contributed by atoms with Gasteiger partial charge in [-0.2, -0.15) is 0 Å².